The maximum atomic E-state index is 11.8. The predicted octanol–water partition coefficient (Wildman–Crippen LogP) is 0.982. The molecule has 1 fully saturated rings. The van der Waals surface area contributed by atoms with Gasteiger partial charge >= 0.3 is 5.97 Å². The lowest BCUT2D eigenvalue weighted by molar-refractivity contribution is -0.145. The first-order valence-electron chi connectivity index (χ1n) is 8.80. The molecule has 26 heavy (non-hydrogen) atoms. The molecule has 2 atom stereocenters. The first-order valence-corrected chi connectivity index (χ1v) is 10.7. The van der Waals surface area contributed by atoms with E-state index in [0.29, 0.717) is 32.6 Å². The molecule has 1 saturated heterocycles. The highest BCUT2D eigenvalue weighted by Crippen LogP contribution is 2.24. The molecule has 0 amide bonds. The molecular weight excluding hydrogens is 471 g/mol. The molecule has 0 spiro atoms. The Morgan fingerprint density at radius 1 is 1.35 bits per heavy atom. The molecule has 10 heteroatoms. The van der Waals surface area contributed by atoms with Gasteiger partial charge in [0.05, 0.1) is 19.3 Å². The number of sulfonamides is 1. The van der Waals surface area contributed by atoms with Crippen LogP contribution in [0, 0.1) is 11.8 Å². The lowest BCUT2D eigenvalue weighted by Crippen LogP contribution is -2.41. The van der Waals surface area contributed by atoms with Crippen molar-refractivity contribution in [3.8, 4) is 0 Å². The number of methoxy groups -OCH3 is 1. The summed E-state index contributed by atoms with van der Waals surface area (Å²) < 4.78 is 29.5. The van der Waals surface area contributed by atoms with Crippen LogP contribution in [0.1, 0.15) is 27.2 Å². The zero-order valence-electron chi connectivity index (χ0n) is 16.4. The maximum absolute atomic E-state index is 11.8. The molecule has 0 aromatic heterocycles. The highest BCUT2D eigenvalue weighted by atomic mass is 127. The molecule has 1 rings (SSSR count). The molecule has 0 radical (unpaired) electrons. The van der Waals surface area contributed by atoms with Crippen molar-refractivity contribution in [2.75, 3.05) is 52.6 Å². The summed E-state index contributed by atoms with van der Waals surface area (Å²) in [6.45, 7) is 9.38. The summed E-state index contributed by atoms with van der Waals surface area (Å²) >= 11 is 0. The van der Waals surface area contributed by atoms with Gasteiger partial charge in [0.1, 0.15) is 0 Å². The number of carbonyl (C=O) groups excluding carboxylic acids is 1. The fourth-order valence-corrected chi connectivity index (χ4v) is 3.94. The van der Waals surface area contributed by atoms with Crippen molar-refractivity contribution in [2.24, 2.45) is 16.8 Å². The summed E-state index contributed by atoms with van der Waals surface area (Å²) in [5, 5.41) is 3.25. The number of hydrogen-bond acceptors (Lipinski definition) is 5. The standard InChI is InChI=1S/C16H32N4O4S.HI/c1-6-17-16(18-9-8-10-20(7-2)25(5,22)23)19-11-13(3)14(12-19)15(21)24-4;/h13-14H,6-12H2,1-5H3,(H,17,18);1H. The lowest BCUT2D eigenvalue weighted by Gasteiger charge is -2.22. The monoisotopic (exact) mass is 504 g/mol. The van der Waals surface area contributed by atoms with Crippen molar-refractivity contribution in [3.05, 3.63) is 0 Å². The molecule has 1 heterocycles. The Morgan fingerprint density at radius 3 is 2.50 bits per heavy atom. The first kappa shape index (κ1) is 25.4. The van der Waals surface area contributed by atoms with E-state index in [4.69, 9.17) is 4.74 Å². The number of guanidine groups is 1. The molecule has 0 aromatic rings. The molecule has 0 aliphatic carbocycles. The summed E-state index contributed by atoms with van der Waals surface area (Å²) in [7, 11) is -1.75. The summed E-state index contributed by atoms with van der Waals surface area (Å²) in [6, 6.07) is 0. The third-order valence-electron chi connectivity index (χ3n) is 4.40. The Morgan fingerprint density at radius 2 is 2.00 bits per heavy atom. The second kappa shape index (κ2) is 12.0. The Balaban J connectivity index is 0.00000625. The Kier molecular flexibility index (Phi) is 11.7. The van der Waals surface area contributed by atoms with Gasteiger partial charge in [-0.25, -0.2) is 12.7 Å². The average molecular weight is 504 g/mol. The van der Waals surface area contributed by atoms with Gasteiger partial charge in [0.2, 0.25) is 10.0 Å². The Bertz CT molecular complexity index is 571. The van der Waals surface area contributed by atoms with E-state index in [1.807, 2.05) is 20.8 Å². The van der Waals surface area contributed by atoms with Gasteiger partial charge in [-0.3, -0.25) is 9.79 Å². The van der Waals surface area contributed by atoms with E-state index in [9.17, 15) is 13.2 Å². The number of likely N-dealkylation sites (tertiary alicyclic amines) is 1. The van der Waals surface area contributed by atoms with Gasteiger partial charge < -0.3 is 15.0 Å². The van der Waals surface area contributed by atoms with Gasteiger partial charge in [0, 0.05) is 39.3 Å². The third kappa shape index (κ3) is 7.55. The van der Waals surface area contributed by atoms with Crippen LogP contribution in [0.25, 0.3) is 0 Å². The largest absolute Gasteiger partial charge is 0.469 e. The molecule has 2 unspecified atom stereocenters. The number of carbonyl (C=O) groups is 1. The topological polar surface area (TPSA) is 91.3 Å². The predicted molar refractivity (Wildman–Crippen MR) is 114 cm³/mol. The number of esters is 1. The van der Waals surface area contributed by atoms with Crippen LogP contribution in [0.2, 0.25) is 0 Å². The summed E-state index contributed by atoms with van der Waals surface area (Å²) in [6.07, 6.45) is 1.88. The maximum Gasteiger partial charge on any atom is 0.310 e. The van der Waals surface area contributed by atoms with Crippen LogP contribution in [-0.2, 0) is 19.6 Å². The van der Waals surface area contributed by atoms with E-state index < -0.39 is 10.0 Å². The number of nitrogens with one attached hydrogen (secondary N) is 1. The first-order chi connectivity index (χ1) is 11.7. The lowest BCUT2D eigenvalue weighted by atomic mass is 9.99. The minimum atomic E-state index is -3.16. The van der Waals surface area contributed by atoms with Gasteiger partial charge in [-0.15, -0.1) is 24.0 Å². The van der Waals surface area contributed by atoms with E-state index in [0.717, 1.165) is 19.0 Å². The van der Waals surface area contributed by atoms with E-state index >= 15 is 0 Å². The van der Waals surface area contributed by atoms with Crippen LogP contribution in [0.4, 0.5) is 0 Å². The van der Waals surface area contributed by atoms with Gasteiger partial charge in [0.25, 0.3) is 0 Å². The molecule has 154 valence electrons. The molecule has 0 saturated carbocycles. The Hall–Kier alpha value is -0.620. The highest BCUT2D eigenvalue weighted by Gasteiger charge is 2.36. The third-order valence-corrected chi connectivity index (χ3v) is 5.78. The SMILES string of the molecule is CCNC(=NCCCN(CC)S(C)(=O)=O)N1CC(C)C(C(=O)OC)C1.I. The second-order valence-electron chi connectivity index (χ2n) is 6.36. The zero-order valence-corrected chi connectivity index (χ0v) is 19.5. The fraction of sp³-hybridized carbons (Fsp3) is 0.875. The average Bonchev–Trinajstić information content (AvgIpc) is 2.93. The fourth-order valence-electron chi connectivity index (χ4n) is 3.01. The number of rotatable bonds is 8. The van der Waals surface area contributed by atoms with Crippen LogP contribution < -0.4 is 5.32 Å². The molecule has 0 aromatic carbocycles. The van der Waals surface area contributed by atoms with Crippen LogP contribution in [0.5, 0.6) is 0 Å². The van der Waals surface area contributed by atoms with Crippen LogP contribution in [0.3, 0.4) is 0 Å². The van der Waals surface area contributed by atoms with Crippen molar-refractivity contribution in [1.82, 2.24) is 14.5 Å². The molecule has 0 bridgehead atoms. The minimum Gasteiger partial charge on any atom is -0.469 e. The molecular formula is C16H33IN4O4S. The van der Waals surface area contributed by atoms with Crippen molar-refractivity contribution < 1.29 is 17.9 Å². The molecule has 1 aliphatic heterocycles. The van der Waals surface area contributed by atoms with E-state index in [-0.39, 0.29) is 41.8 Å². The molecule has 1 N–H and O–H groups in total. The van der Waals surface area contributed by atoms with E-state index in [1.165, 1.54) is 17.7 Å². The molecule has 8 nitrogen and oxygen atoms in total. The second-order valence-corrected chi connectivity index (χ2v) is 8.34. The summed E-state index contributed by atoms with van der Waals surface area (Å²) in [4.78, 5) is 18.5. The van der Waals surface area contributed by atoms with Crippen molar-refractivity contribution >= 4 is 45.9 Å². The number of hydrogen-bond donors (Lipinski definition) is 1. The quantitative estimate of drug-likeness (QED) is 0.174. The Labute approximate surface area is 174 Å². The van der Waals surface area contributed by atoms with Crippen molar-refractivity contribution in [3.63, 3.8) is 0 Å². The normalized spacial score (nSPS) is 20.8. The minimum absolute atomic E-state index is 0. The number of aliphatic imine (C=N–C) groups is 1. The van der Waals surface area contributed by atoms with Crippen LogP contribution in [-0.4, -0.2) is 82.2 Å². The van der Waals surface area contributed by atoms with E-state index in [1.54, 1.807) is 0 Å². The zero-order chi connectivity index (χ0) is 19.0. The van der Waals surface area contributed by atoms with Gasteiger partial charge in [0.15, 0.2) is 5.96 Å². The number of halogens is 1. The summed E-state index contributed by atoms with van der Waals surface area (Å²) in [5.74, 6) is 0.646. The van der Waals surface area contributed by atoms with Gasteiger partial charge in [-0.05, 0) is 19.3 Å². The number of ether oxygens (including phenoxy) is 1. The molecule has 1 aliphatic rings. The van der Waals surface area contributed by atoms with Crippen LogP contribution >= 0.6 is 24.0 Å². The van der Waals surface area contributed by atoms with Crippen molar-refractivity contribution in [1.29, 1.82) is 0 Å². The van der Waals surface area contributed by atoms with E-state index in [2.05, 4.69) is 15.2 Å². The number of nitrogens with zero attached hydrogens (tertiary/aromatic N) is 3. The van der Waals surface area contributed by atoms with Gasteiger partial charge in [-0.2, -0.15) is 0 Å². The van der Waals surface area contributed by atoms with Gasteiger partial charge in [-0.1, -0.05) is 13.8 Å². The van der Waals surface area contributed by atoms with Crippen molar-refractivity contribution in [2.45, 2.75) is 27.2 Å². The highest BCUT2D eigenvalue weighted by molar-refractivity contribution is 14.0. The summed E-state index contributed by atoms with van der Waals surface area (Å²) in [5.41, 5.74) is 0. The van der Waals surface area contributed by atoms with Crippen LogP contribution in [0.15, 0.2) is 4.99 Å². The smallest absolute Gasteiger partial charge is 0.310 e.